The van der Waals surface area contributed by atoms with Crippen LogP contribution in [-0.2, 0) is 6.54 Å². The molecular weight excluding hydrogens is 343 g/mol. The Bertz CT molecular complexity index is 450. The van der Waals surface area contributed by atoms with Crippen LogP contribution in [0.3, 0.4) is 0 Å². The summed E-state index contributed by atoms with van der Waals surface area (Å²) in [5, 5.41) is 21.1. The number of hydrogen-bond donors (Lipinski definition) is 3. The molecule has 0 fully saturated rings. The third-order valence-corrected chi connectivity index (χ3v) is 3.26. The molecular formula is C12H15BrF3NO3. The maximum Gasteiger partial charge on any atom is 0.573 e. The maximum atomic E-state index is 12.1. The lowest BCUT2D eigenvalue weighted by Crippen LogP contribution is -2.48. The van der Waals surface area contributed by atoms with E-state index in [0.717, 1.165) is 0 Å². The zero-order valence-corrected chi connectivity index (χ0v) is 12.3. The van der Waals surface area contributed by atoms with E-state index in [9.17, 15) is 13.2 Å². The Morgan fingerprint density at radius 3 is 2.30 bits per heavy atom. The molecule has 1 aromatic carbocycles. The maximum absolute atomic E-state index is 12.1. The fraction of sp³-hybridized carbons (Fsp3) is 0.500. The number of halogens is 4. The predicted molar refractivity (Wildman–Crippen MR) is 70.2 cm³/mol. The number of hydrogen-bond acceptors (Lipinski definition) is 4. The summed E-state index contributed by atoms with van der Waals surface area (Å²) >= 11 is 3.00. The minimum atomic E-state index is -4.74. The Hall–Kier alpha value is -0.830. The van der Waals surface area contributed by atoms with Gasteiger partial charge in [-0.3, -0.25) is 0 Å². The van der Waals surface area contributed by atoms with Crippen LogP contribution in [0.2, 0.25) is 0 Å². The van der Waals surface area contributed by atoms with Gasteiger partial charge in [-0.05, 0) is 40.5 Å². The van der Waals surface area contributed by atoms with Crippen molar-refractivity contribution in [2.75, 3.05) is 13.2 Å². The summed E-state index contributed by atoms with van der Waals surface area (Å²) in [6.45, 7) is 1.38. The van der Waals surface area contributed by atoms with Crippen LogP contribution in [0, 0.1) is 0 Å². The van der Waals surface area contributed by atoms with Crippen molar-refractivity contribution in [1.82, 2.24) is 5.32 Å². The van der Waals surface area contributed by atoms with Crippen LogP contribution in [0.1, 0.15) is 12.5 Å². The molecule has 4 nitrogen and oxygen atoms in total. The van der Waals surface area contributed by atoms with Crippen molar-refractivity contribution >= 4 is 15.9 Å². The first-order valence-corrected chi connectivity index (χ1v) is 6.49. The summed E-state index contributed by atoms with van der Waals surface area (Å²) in [6.07, 6.45) is -4.74. The number of alkyl halides is 3. The molecule has 0 saturated carbocycles. The molecule has 20 heavy (non-hydrogen) atoms. The smallest absolute Gasteiger partial charge is 0.405 e. The molecule has 0 amide bonds. The average molecular weight is 358 g/mol. The summed E-state index contributed by atoms with van der Waals surface area (Å²) in [6, 6.07) is 4.14. The van der Waals surface area contributed by atoms with Gasteiger partial charge in [-0.15, -0.1) is 13.2 Å². The SMILES string of the molecule is CC(CO)(CO)NCc1ccc(OC(F)(F)F)c(Br)c1. The lowest BCUT2D eigenvalue weighted by Gasteiger charge is -2.26. The van der Waals surface area contributed by atoms with Crippen molar-refractivity contribution in [3.05, 3.63) is 28.2 Å². The lowest BCUT2D eigenvalue weighted by molar-refractivity contribution is -0.274. The van der Waals surface area contributed by atoms with Crippen LogP contribution >= 0.6 is 15.9 Å². The van der Waals surface area contributed by atoms with Crippen LogP contribution in [0.15, 0.2) is 22.7 Å². The normalized spacial score (nSPS) is 12.6. The van der Waals surface area contributed by atoms with Crippen LogP contribution in [-0.4, -0.2) is 35.3 Å². The van der Waals surface area contributed by atoms with Gasteiger partial charge in [0.05, 0.1) is 23.2 Å². The molecule has 3 N–H and O–H groups in total. The van der Waals surface area contributed by atoms with E-state index in [2.05, 4.69) is 26.0 Å². The van der Waals surface area contributed by atoms with Crippen molar-refractivity contribution in [2.45, 2.75) is 25.4 Å². The Morgan fingerprint density at radius 2 is 1.85 bits per heavy atom. The van der Waals surface area contributed by atoms with Gasteiger partial charge in [-0.25, -0.2) is 0 Å². The van der Waals surface area contributed by atoms with E-state index in [1.165, 1.54) is 18.2 Å². The van der Waals surface area contributed by atoms with Gasteiger partial charge in [0, 0.05) is 6.54 Å². The monoisotopic (exact) mass is 357 g/mol. The number of nitrogens with one attached hydrogen (secondary N) is 1. The molecule has 0 heterocycles. The summed E-state index contributed by atoms with van der Waals surface area (Å²) in [5.74, 6) is -0.326. The highest BCUT2D eigenvalue weighted by Crippen LogP contribution is 2.31. The van der Waals surface area contributed by atoms with Crippen molar-refractivity contribution in [3.63, 3.8) is 0 Å². The molecule has 0 aliphatic carbocycles. The summed E-state index contributed by atoms with van der Waals surface area (Å²) in [7, 11) is 0. The minimum absolute atomic E-state index is 0.170. The number of aliphatic hydroxyl groups excluding tert-OH is 2. The van der Waals surface area contributed by atoms with Crippen molar-refractivity contribution < 1.29 is 28.1 Å². The van der Waals surface area contributed by atoms with Crippen LogP contribution in [0.5, 0.6) is 5.75 Å². The number of aliphatic hydroxyl groups is 2. The Balaban J connectivity index is 2.73. The number of rotatable bonds is 6. The van der Waals surface area contributed by atoms with E-state index < -0.39 is 11.9 Å². The molecule has 0 bridgehead atoms. The minimum Gasteiger partial charge on any atom is -0.405 e. The molecule has 0 radical (unpaired) electrons. The molecule has 0 aliphatic rings. The van der Waals surface area contributed by atoms with Gasteiger partial charge in [-0.2, -0.15) is 0 Å². The fourth-order valence-electron chi connectivity index (χ4n) is 1.34. The molecule has 1 aromatic rings. The van der Waals surface area contributed by atoms with Gasteiger partial charge < -0.3 is 20.3 Å². The highest BCUT2D eigenvalue weighted by Gasteiger charge is 2.32. The van der Waals surface area contributed by atoms with Crippen LogP contribution in [0.4, 0.5) is 13.2 Å². The molecule has 0 spiro atoms. The molecule has 0 saturated heterocycles. The Kier molecular flexibility index (Phi) is 5.81. The largest absolute Gasteiger partial charge is 0.573 e. The molecule has 8 heteroatoms. The summed E-state index contributed by atoms with van der Waals surface area (Å²) < 4.78 is 40.3. The van der Waals surface area contributed by atoms with Crippen molar-refractivity contribution in [2.24, 2.45) is 0 Å². The van der Waals surface area contributed by atoms with Crippen LogP contribution in [0.25, 0.3) is 0 Å². The standard InChI is InChI=1S/C12H15BrF3NO3/c1-11(6-18,7-19)17-5-8-2-3-10(9(13)4-8)20-12(14,15)16/h2-4,17-19H,5-7H2,1H3. The first kappa shape index (κ1) is 17.2. The van der Waals surface area contributed by atoms with Gasteiger partial charge in [-0.1, -0.05) is 6.07 Å². The second-order valence-corrected chi connectivity index (χ2v) is 5.40. The number of ether oxygens (including phenoxy) is 1. The van der Waals surface area contributed by atoms with E-state index in [4.69, 9.17) is 10.2 Å². The molecule has 1 rings (SSSR count). The van der Waals surface area contributed by atoms with E-state index in [-0.39, 0.29) is 30.0 Å². The lowest BCUT2D eigenvalue weighted by atomic mass is 10.0. The number of benzene rings is 1. The topological polar surface area (TPSA) is 61.7 Å². The van der Waals surface area contributed by atoms with Crippen LogP contribution < -0.4 is 10.1 Å². The van der Waals surface area contributed by atoms with E-state index in [0.29, 0.717) is 5.56 Å². The van der Waals surface area contributed by atoms with Gasteiger partial charge in [0.2, 0.25) is 0 Å². The Morgan fingerprint density at radius 1 is 1.25 bits per heavy atom. The molecule has 114 valence electrons. The molecule has 0 aliphatic heterocycles. The van der Waals surface area contributed by atoms with Gasteiger partial charge in [0.15, 0.2) is 0 Å². The zero-order chi connectivity index (χ0) is 15.4. The summed E-state index contributed by atoms with van der Waals surface area (Å²) in [5.41, 5.74) is -0.173. The molecule has 0 atom stereocenters. The third kappa shape index (κ3) is 5.28. The Labute approximate surface area is 122 Å². The second kappa shape index (κ2) is 6.75. The molecule has 0 aromatic heterocycles. The second-order valence-electron chi connectivity index (χ2n) is 4.54. The fourth-order valence-corrected chi connectivity index (χ4v) is 1.85. The highest BCUT2D eigenvalue weighted by atomic mass is 79.9. The van der Waals surface area contributed by atoms with Gasteiger partial charge in [0.1, 0.15) is 5.75 Å². The summed E-state index contributed by atoms with van der Waals surface area (Å²) in [4.78, 5) is 0. The average Bonchev–Trinajstić information content (AvgIpc) is 2.37. The molecule has 0 unspecified atom stereocenters. The highest BCUT2D eigenvalue weighted by molar-refractivity contribution is 9.10. The van der Waals surface area contributed by atoms with Gasteiger partial charge in [0.25, 0.3) is 0 Å². The third-order valence-electron chi connectivity index (χ3n) is 2.64. The van der Waals surface area contributed by atoms with Crippen molar-refractivity contribution in [3.8, 4) is 5.75 Å². The first-order valence-electron chi connectivity index (χ1n) is 5.70. The predicted octanol–water partition coefficient (Wildman–Crippen LogP) is 2.18. The van der Waals surface area contributed by atoms with E-state index in [1.54, 1.807) is 6.92 Å². The van der Waals surface area contributed by atoms with E-state index >= 15 is 0 Å². The first-order chi connectivity index (χ1) is 9.19. The van der Waals surface area contributed by atoms with E-state index in [1.807, 2.05) is 0 Å². The zero-order valence-electron chi connectivity index (χ0n) is 10.7. The quantitative estimate of drug-likeness (QED) is 0.730. The van der Waals surface area contributed by atoms with Gasteiger partial charge >= 0.3 is 6.36 Å². The van der Waals surface area contributed by atoms with Crippen molar-refractivity contribution in [1.29, 1.82) is 0 Å².